The van der Waals surface area contributed by atoms with Crippen LogP contribution < -0.4 is 0 Å². The highest BCUT2D eigenvalue weighted by Crippen LogP contribution is 2.35. The molecule has 2 rings (SSSR count). The van der Waals surface area contributed by atoms with Crippen molar-refractivity contribution in [1.29, 1.82) is 0 Å². The third-order valence-corrected chi connectivity index (χ3v) is 4.80. The molecule has 1 aliphatic rings. The minimum atomic E-state index is -5.03. The lowest BCUT2D eigenvalue weighted by atomic mass is 9.79. The first kappa shape index (κ1) is 19.9. The third kappa shape index (κ3) is 5.79. The van der Waals surface area contributed by atoms with Crippen LogP contribution in [-0.2, 0) is 12.6 Å². The molecule has 0 radical (unpaired) electrons. The maximum atomic E-state index is 13.6. The fraction of sp³-hybridized carbons (Fsp3) is 0.579. The zero-order chi connectivity index (χ0) is 18.4. The quantitative estimate of drug-likeness (QED) is 0.392. The normalized spacial score (nSPS) is 21.8. The fourth-order valence-corrected chi connectivity index (χ4v) is 3.43. The number of allylic oxidation sites excluding steroid dienone is 2. The van der Waals surface area contributed by atoms with E-state index in [9.17, 15) is 26.3 Å². The van der Waals surface area contributed by atoms with E-state index in [4.69, 9.17) is 0 Å². The lowest BCUT2D eigenvalue weighted by Crippen LogP contribution is -2.14. The van der Waals surface area contributed by atoms with E-state index in [2.05, 4.69) is 6.08 Å². The Bertz CT molecular complexity index is 559. The van der Waals surface area contributed by atoms with Crippen LogP contribution in [0.4, 0.5) is 26.3 Å². The average molecular weight is 364 g/mol. The van der Waals surface area contributed by atoms with Crippen LogP contribution in [0, 0.1) is 23.5 Å². The number of rotatable bonds is 6. The van der Waals surface area contributed by atoms with Crippen LogP contribution in [0.5, 0.6) is 0 Å². The molecule has 0 amide bonds. The fourth-order valence-electron chi connectivity index (χ4n) is 3.43. The molecule has 0 bridgehead atoms. The predicted molar refractivity (Wildman–Crippen MR) is 84.9 cm³/mol. The highest BCUT2D eigenvalue weighted by molar-refractivity contribution is 5.28. The molecule has 0 heterocycles. The van der Waals surface area contributed by atoms with Gasteiger partial charge in [0.15, 0.2) is 0 Å². The maximum Gasteiger partial charge on any atom is 0.422 e. The van der Waals surface area contributed by atoms with Crippen molar-refractivity contribution >= 4 is 0 Å². The summed E-state index contributed by atoms with van der Waals surface area (Å²) in [4.78, 5) is 0. The Morgan fingerprint density at radius 1 is 1.00 bits per heavy atom. The first-order chi connectivity index (χ1) is 11.8. The minimum absolute atomic E-state index is 0.257. The van der Waals surface area contributed by atoms with Crippen molar-refractivity contribution in [2.75, 3.05) is 6.67 Å². The van der Waals surface area contributed by atoms with Crippen molar-refractivity contribution in [3.05, 3.63) is 47.0 Å². The van der Waals surface area contributed by atoms with Crippen LogP contribution in [0.1, 0.15) is 49.7 Å². The highest BCUT2D eigenvalue weighted by atomic mass is 19.4. The van der Waals surface area contributed by atoms with Gasteiger partial charge < -0.3 is 0 Å². The van der Waals surface area contributed by atoms with Crippen molar-refractivity contribution in [3.8, 4) is 0 Å². The molecule has 0 aliphatic heterocycles. The van der Waals surface area contributed by atoms with Crippen LogP contribution in [0.15, 0.2) is 24.3 Å². The van der Waals surface area contributed by atoms with Crippen molar-refractivity contribution in [1.82, 2.24) is 0 Å². The molecule has 0 nitrogen and oxygen atoms in total. The number of halogens is 6. The Balaban J connectivity index is 1.87. The second-order valence-electron chi connectivity index (χ2n) is 6.66. The molecule has 0 N–H and O–H groups in total. The summed E-state index contributed by atoms with van der Waals surface area (Å²) < 4.78 is 76.9. The Morgan fingerprint density at radius 2 is 1.60 bits per heavy atom. The number of aryl methyl sites for hydroxylation is 1. The van der Waals surface area contributed by atoms with E-state index < -0.39 is 23.4 Å². The molecule has 25 heavy (non-hydrogen) atoms. The first-order valence-electron chi connectivity index (χ1n) is 8.59. The molecule has 0 saturated heterocycles. The lowest BCUT2D eigenvalue weighted by molar-refractivity contribution is -0.142. The van der Waals surface area contributed by atoms with Gasteiger partial charge in [-0.2, -0.15) is 13.2 Å². The van der Waals surface area contributed by atoms with E-state index in [1.165, 1.54) is 0 Å². The van der Waals surface area contributed by atoms with E-state index >= 15 is 0 Å². The summed E-state index contributed by atoms with van der Waals surface area (Å²) >= 11 is 0. The number of benzene rings is 1. The van der Waals surface area contributed by atoms with Crippen molar-refractivity contribution in [2.24, 2.45) is 11.8 Å². The molecule has 1 aliphatic carbocycles. The predicted octanol–water partition coefficient (Wildman–Crippen LogP) is 6.64. The van der Waals surface area contributed by atoms with Gasteiger partial charge in [-0.1, -0.05) is 12.2 Å². The summed E-state index contributed by atoms with van der Waals surface area (Å²) in [6.45, 7) is -0.355. The molecule has 1 saturated carbocycles. The molecular weight excluding hydrogens is 342 g/mol. The first-order valence-corrected chi connectivity index (χ1v) is 8.59. The molecule has 1 fully saturated rings. The number of hydrogen-bond acceptors (Lipinski definition) is 0. The Hall–Kier alpha value is -1.46. The van der Waals surface area contributed by atoms with Gasteiger partial charge in [-0.3, -0.25) is 4.39 Å². The second-order valence-corrected chi connectivity index (χ2v) is 6.66. The molecule has 0 unspecified atom stereocenters. The summed E-state index contributed by atoms with van der Waals surface area (Å²) in [6, 6.07) is 1.58. The van der Waals surface area contributed by atoms with Crippen LogP contribution >= 0.6 is 0 Å². The van der Waals surface area contributed by atoms with Crippen LogP contribution in [-0.4, -0.2) is 6.67 Å². The van der Waals surface area contributed by atoms with E-state index in [1.807, 2.05) is 6.08 Å². The van der Waals surface area contributed by atoms with E-state index in [0.717, 1.165) is 37.8 Å². The average Bonchev–Trinajstić information content (AvgIpc) is 2.52. The molecule has 0 spiro atoms. The van der Waals surface area contributed by atoms with Gasteiger partial charge in [0, 0.05) is 0 Å². The molecule has 140 valence electrons. The molecule has 1 aromatic rings. The van der Waals surface area contributed by atoms with Gasteiger partial charge in [0.2, 0.25) is 0 Å². The van der Waals surface area contributed by atoms with Crippen LogP contribution in [0.25, 0.3) is 0 Å². The Kier molecular flexibility index (Phi) is 6.96. The smallest absolute Gasteiger partial charge is 0.251 e. The standard InChI is InChI=1S/C19H22F6/c20-10-2-1-3-13-4-6-14(7-5-13)8-9-15-11-16(21)18(17(22)12-15)19(23,24)25/h1,3,11-14H,2,4-10H2. The second kappa shape index (κ2) is 8.77. The SMILES string of the molecule is FCCC=CC1CCC(CCc2cc(F)c(C(F)(F)F)c(F)c2)CC1. The summed E-state index contributed by atoms with van der Waals surface area (Å²) in [5, 5.41) is 0. The molecule has 6 heteroatoms. The van der Waals surface area contributed by atoms with Crippen molar-refractivity contribution in [3.63, 3.8) is 0 Å². The van der Waals surface area contributed by atoms with Gasteiger partial charge in [-0.25, -0.2) is 8.78 Å². The molecule has 1 aromatic carbocycles. The molecular formula is C19H22F6. The summed E-state index contributed by atoms with van der Waals surface area (Å²) in [5.41, 5.74) is -1.57. The van der Waals surface area contributed by atoms with Gasteiger partial charge in [-0.05, 0) is 74.5 Å². The maximum absolute atomic E-state index is 13.6. The van der Waals surface area contributed by atoms with Gasteiger partial charge in [-0.15, -0.1) is 0 Å². The Labute approximate surface area is 143 Å². The van der Waals surface area contributed by atoms with Crippen LogP contribution in [0.2, 0.25) is 0 Å². The zero-order valence-electron chi connectivity index (χ0n) is 13.9. The van der Waals surface area contributed by atoms with E-state index in [1.54, 1.807) is 0 Å². The largest absolute Gasteiger partial charge is 0.422 e. The van der Waals surface area contributed by atoms with Gasteiger partial charge in [0.1, 0.15) is 17.2 Å². The minimum Gasteiger partial charge on any atom is -0.251 e. The van der Waals surface area contributed by atoms with Gasteiger partial charge in [0.25, 0.3) is 0 Å². The lowest BCUT2D eigenvalue weighted by Gasteiger charge is -2.26. The zero-order valence-corrected chi connectivity index (χ0v) is 13.9. The van der Waals surface area contributed by atoms with Crippen LogP contribution in [0.3, 0.4) is 0 Å². The summed E-state index contributed by atoms with van der Waals surface area (Å²) in [5.74, 6) is -2.25. The van der Waals surface area contributed by atoms with Crippen molar-refractivity contribution < 1.29 is 26.3 Å². The third-order valence-electron chi connectivity index (χ3n) is 4.80. The number of hydrogen-bond donors (Lipinski definition) is 0. The highest BCUT2D eigenvalue weighted by Gasteiger charge is 2.37. The van der Waals surface area contributed by atoms with Crippen molar-refractivity contribution in [2.45, 2.75) is 51.1 Å². The van der Waals surface area contributed by atoms with Gasteiger partial charge in [0.05, 0.1) is 6.67 Å². The molecule has 0 atom stereocenters. The number of alkyl halides is 4. The monoisotopic (exact) mass is 364 g/mol. The van der Waals surface area contributed by atoms with Gasteiger partial charge >= 0.3 is 6.18 Å². The summed E-state index contributed by atoms with van der Waals surface area (Å²) in [6.07, 6.45) is 4.30. The Morgan fingerprint density at radius 3 is 2.12 bits per heavy atom. The van der Waals surface area contributed by atoms with E-state index in [0.29, 0.717) is 31.1 Å². The van der Waals surface area contributed by atoms with E-state index in [-0.39, 0.29) is 12.2 Å². The summed E-state index contributed by atoms with van der Waals surface area (Å²) in [7, 11) is 0. The topological polar surface area (TPSA) is 0 Å². The molecule has 0 aromatic heterocycles.